The Kier molecular flexibility index (Phi) is 5.43. The molecule has 0 aliphatic carbocycles. The molecule has 0 bridgehead atoms. The lowest BCUT2D eigenvalue weighted by molar-refractivity contribution is -0.134. The largest absolute Gasteiger partial charge is 0.461 e. The number of anilines is 1. The van der Waals surface area contributed by atoms with Gasteiger partial charge in [-0.3, -0.25) is 5.43 Å². The van der Waals surface area contributed by atoms with Crippen LogP contribution in [-0.2, 0) is 9.53 Å². The van der Waals surface area contributed by atoms with E-state index < -0.39 is 11.7 Å². The molecule has 7 heteroatoms. The van der Waals surface area contributed by atoms with Crippen molar-refractivity contribution < 1.29 is 9.53 Å². The topological polar surface area (TPSA) is 74.5 Å². The molecule has 1 aromatic rings. The molecule has 94 valence electrons. The zero-order valence-electron chi connectivity index (χ0n) is 9.41. The molecule has 1 N–H and O–H groups in total. The fourth-order valence-corrected chi connectivity index (χ4v) is 1.36. The Morgan fingerprint density at radius 3 is 2.89 bits per heavy atom. The highest BCUT2D eigenvalue weighted by Crippen LogP contribution is 2.29. The predicted molar refractivity (Wildman–Crippen MR) is 69.8 cm³/mol. The second kappa shape index (κ2) is 6.84. The SMILES string of the molecule is CCOC(=O)C(C#N)=NNc1cccc(Cl)c1Cl. The minimum Gasteiger partial charge on any atom is -0.461 e. The van der Waals surface area contributed by atoms with Crippen LogP contribution in [0.3, 0.4) is 0 Å². The van der Waals surface area contributed by atoms with E-state index in [-0.39, 0.29) is 11.6 Å². The third kappa shape index (κ3) is 3.62. The maximum absolute atomic E-state index is 11.3. The Balaban J connectivity index is 2.87. The normalized spacial score (nSPS) is 10.7. The van der Waals surface area contributed by atoms with Gasteiger partial charge in [-0.05, 0) is 19.1 Å². The van der Waals surface area contributed by atoms with Crippen LogP contribution in [0.5, 0.6) is 0 Å². The van der Waals surface area contributed by atoms with E-state index in [0.29, 0.717) is 10.7 Å². The van der Waals surface area contributed by atoms with Crippen LogP contribution in [-0.4, -0.2) is 18.3 Å². The zero-order valence-corrected chi connectivity index (χ0v) is 10.9. The number of rotatable bonds is 4. The number of carbonyl (C=O) groups excluding carboxylic acids is 1. The van der Waals surface area contributed by atoms with E-state index in [1.807, 2.05) is 0 Å². The summed E-state index contributed by atoms with van der Waals surface area (Å²) in [7, 11) is 0. The molecule has 5 nitrogen and oxygen atoms in total. The van der Waals surface area contributed by atoms with Crippen molar-refractivity contribution in [3.05, 3.63) is 28.2 Å². The standard InChI is InChI=1S/C11H9Cl2N3O2/c1-2-18-11(17)9(6-14)16-15-8-5-3-4-7(12)10(8)13/h3-5,15H,2H2,1H3. The van der Waals surface area contributed by atoms with Crippen molar-refractivity contribution >= 4 is 40.6 Å². The summed E-state index contributed by atoms with van der Waals surface area (Å²) in [6, 6.07) is 6.50. The van der Waals surface area contributed by atoms with Crippen LogP contribution in [0, 0.1) is 11.3 Å². The van der Waals surface area contributed by atoms with E-state index in [4.69, 9.17) is 28.5 Å². The number of carbonyl (C=O) groups is 1. The van der Waals surface area contributed by atoms with Crippen molar-refractivity contribution in [1.82, 2.24) is 0 Å². The van der Waals surface area contributed by atoms with Gasteiger partial charge in [-0.2, -0.15) is 10.4 Å². The summed E-state index contributed by atoms with van der Waals surface area (Å²) in [6.45, 7) is 1.80. The molecule has 0 aliphatic rings. The summed E-state index contributed by atoms with van der Waals surface area (Å²) in [5.41, 5.74) is 2.49. The molecule has 1 rings (SSSR count). The van der Waals surface area contributed by atoms with Gasteiger partial charge >= 0.3 is 5.97 Å². The predicted octanol–water partition coefficient (Wildman–Crippen LogP) is 2.85. The number of esters is 1. The van der Waals surface area contributed by atoms with E-state index in [0.717, 1.165) is 0 Å². The van der Waals surface area contributed by atoms with Crippen LogP contribution in [0.4, 0.5) is 5.69 Å². The molecule has 0 heterocycles. The second-order valence-corrected chi connectivity index (χ2v) is 3.79. The molecule has 18 heavy (non-hydrogen) atoms. The molecule has 0 saturated heterocycles. The van der Waals surface area contributed by atoms with Gasteiger partial charge in [-0.1, -0.05) is 29.3 Å². The second-order valence-electron chi connectivity index (χ2n) is 3.01. The smallest absolute Gasteiger partial charge is 0.369 e. The fraction of sp³-hybridized carbons (Fsp3) is 0.182. The Bertz CT molecular complexity index is 524. The van der Waals surface area contributed by atoms with Crippen LogP contribution in [0.15, 0.2) is 23.3 Å². The summed E-state index contributed by atoms with van der Waals surface area (Å²) >= 11 is 11.7. The minimum absolute atomic E-state index is 0.164. The Labute approximate surface area is 114 Å². The van der Waals surface area contributed by atoms with Gasteiger partial charge in [0, 0.05) is 0 Å². The molecular weight excluding hydrogens is 277 g/mol. The first-order valence-electron chi connectivity index (χ1n) is 4.95. The maximum Gasteiger partial charge on any atom is 0.369 e. The van der Waals surface area contributed by atoms with Crippen LogP contribution >= 0.6 is 23.2 Å². The molecule has 0 fully saturated rings. The van der Waals surface area contributed by atoms with Gasteiger partial charge in [0.05, 0.1) is 22.3 Å². The number of nitrogens with one attached hydrogen (secondary N) is 1. The van der Waals surface area contributed by atoms with Crippen molar-refractivity contribution in [2.24, 2.45) is 5.10 Å². The molecule has 0 amide bonds. The van der Waals surface area contributed by atoms with Crippen molar-refractivity contribution in [3.63, 3.8) is 0 Å². The molecule has 0 saturated carbocycles. The van der Waals surface area contributed by atoms with Gasteiger partial charge in [-0.15, -0.1) is 0 Å². The molecular formula is C11H9Cl2N3O2. The average Bonchev–Trinajstić information content (AvgIpc) is 2.35. The number of halogens is 2. The lowest BCUT2D eigenvalue weighted by Crippen LogP contribution is -2.17. The van der Waals surface area contributed by atoms with E-state index in [1.54, 1.807) is 31.2 Å². The number of hydrogen-bond acceptors (Lipinski definition) is 5. The first kappa shape index (κ1) is 14.3. The van der Waals surface area contributed by atoms with Gasteiger partial charge in [0.2, 0.25) is 5.71 Å². The Hall–Kier alpha value is -1.77. The number of benzene rings is 1. The first-order chi connectivity index (χ1) is 8.60. The van der Waals surface area contributed by atoms with Gasteiger partial charge < -0.3 is 4.74 Å². The van der Waals surface area contributed by atoms with E-state index in [1.165, 1.54) is 0 Å². The highest BCUT2D eigenvalue weighted by molar-refractivity contribution is 6.44. The Morgan fingerprint density at radius 1 is 1.56 bits per heavy atom. The Morgan fingerprint density at radius 2 is 2.28 bits per heavy atom. The molecule has 0 atom stereocenters. The van der Waals surface area contributed by atoms with Crippen molar-refractivity contribution in [3.8, 4) is 6.07 Å². The number of ether oxygens (including phenoxy) is 1. The molecule has 1 aromatic carbocycles. The lowest BCUT2D eigenvalue weighted by atomic mass is 10.3. The highest BCUT2D eigenvalue weighted by Gasteiger charge is 2.12. The number of hydrogen-bond donors (Lipinski definition) is 1. The zero-order chi connectivity index (χ0) is 13.5. The lowest BCUT2D eigenvalue weighted by Gasteiger charge is -2.05. The average molecular weight is 286 g/mol. The van der Waals surface area contributed by atoms with Gasteiger partial charge in [0.1, 0.15) is 6.07 Å². The van der Waals surface area contributed by atoms with Crippen LogP contribution < -0.4 is 5.43 Å². The third-order valence-electron chi connectivity index (χ3n) is 1.81. The highest BCUT2D eigenvalue weighted by atomic mass is 35.5. The summed E-state index contributed by atoms with van der Waals surface area (Å²) < 4.78 is 4.65. The summed E-state index contributed by atoms with van der Waals surface area (Å²) in [6.07, 6.45) is 0. The van der Waals surface area contributed by atoms with E-state index in [2.05, 4.69) is 15.3 Å². The minimum atomic E-state index is -0.800. The fourth-order valence-electron chi connectivity index (χ4n) is 1.02. The number of hydrazone groups is 1. The van der Waals surface area contributed by atoms with Gasteiger partial charge in [0.15, 0.2) is 0 Å². The van der Waals surface area contributed by atoms with Crippen LogP contribution in [0.2, 0.25) is 10.0 Å². The van der Waals surface area contributed by atoms with Crippen LogP contribution in [0.25, 0.3) is 0 Å². The molecule has 0 aliphatic heterocycles. The van der Waals surface area contributed by atoms with Gasteiger partial charge in [-0.25, -0.2) is 4.79 Å². The number of nitrogens with zero attached hydrogens (tertiary/aromatic N) is 2. The van der Waals surface area contributed by atoms with E-state index >= 15 is 0 Å². The quantitative estimate of drug-likeness (QED) is 0.524. The van der Waals surface area contributed by atoms with Crippen LogP contribution in [0.1, 0.15) is 6.92 Å². The summed E-state index contributed by atoms with van der Waals surface area (Å²) in [4.78, 5) is 11.3. The number of nitriles is 1. The van der Waals surface area contributed by atoms with Gasteiger partial charge in [0.25, 0.3) is 0 Å². The van der Waals surface area contributed by atoms with Crippen molar-refractivity contribution in [2.75, 3.05) is 12.0 Å². The van der Waals surface area contributed by atoms with Crippen molar-refractivity contribution in [2.45, 2.75) is 6.92 Å². The molecule has 0 unspecified atom stereocenters. The monoisotopic (exact) mass is 285 g/mol. The summed E-state index contributed by atoms with van der Waals surface area (Å²) in [5, 5.41) is 13.0. The third-order valence-corrected chi connectivity index (χ3v) is 2.63. The maximum atomic E-state index is 11.3. The van der Waals surface area contributed by atoms with Crippen molar-refractivity contribution in [1.29, 1.82) is 5.26 Å². The first-order valence-corrected chi connectivity index (χ1v) is 5.70. The molecule has 0 aromatic heterocycles. The molecule has 0 radical (unpaired) electrons. The van der Waals surface area contributed by atoms with E-state index in [9.17, 15) is 4.79 Å². The molecule has 0 spiro atoms. The summed E-state index contributed by atoms with van der Waals surface area (Å²) in [5.74, 6) is -0.800.